The van der Waals surface area contributed by atoms with Gasteiger partial charge in [0.05, 0.1) is 12.5 Å². The highest BCUT2D eigenvalue weighted by Gasteiger charge is 2.12. The zero-order chi connectivity index (χ0) is 13.5. The second kappa shape index (κ2) is 4.06. The van der Waals surface area contributed by atoms with Gasteiger partial charge in [-0.2, -0.15) is 5.10 Å². The first-order valence-corrected chi connectivity index (χ1v) is 6.16. The van der Waals surface area contributed by atoms with Crippen LogP contribution in [-0.4, -0.2) is 24.7 Å². The van der Waals surface area contributed by atoms with Crippen LogP contribution in [-0.2, 0) is 7.05 Å². The first-order chi connectivity index (χ1) is 9.83. The van der Waals surface area contributed by atoms with Crippen LogP contribution < -0.4 is 0 Å². The Morgan fingerprint density at radius 3 is 2.95 bits per heavy atom. The third kappa shape index (κ3) is 1.55. The molecule has 0 amide bonds. The Bertz CT molecular complexity index is 859. The van der Waals surface area contributed by atoms with E-state index in [9.17, 15) is 0 Å². The van der Waals surface area contributed by atoms with Crippen molar-refractivity contribution < 1.29 is 4.42 Å². The molecular weight excluding hydrogens is 254 g/mol. The molecule has 0 fully saturated rings. The third-order valence-electron chi connectivity index (χ3n) is 3.33. The molecule has 0 aliphatic heterocycles. The van der Waals surface area contributed by atoms with Crippen molar-refractivity contribution in [2.75, 3.05) is 0 Å². The molecule has 0 bridgehead atoms. The summed E-state index contributed by atoms with van der Waals surface area (Å²) < 4.78 is 7.17. The third-order valence-corrected chi connectivity index (χ3v) is 3.33. The fourth-order valence-electron chi connectivity index (χ4n) is 2.38. The van der Waals surface area contributed by atoms with Crippen molar-refractivity contribution in [2.45, 2.75) is 0 Å². The minimum Gasteiger partial charge on any atom is -0.472 e. The summed E-state index contributed by atoms with van der Waals surface area (Å²) in [5, 5.41) is 7.78. The Morgan fingerprint density at radius 1 is 1.25 bits per heavy atom. The van der Waals surface area contributed by atoms with Gasteiger partial charge in [-0.25, -0.2) is 9.97 Å². The standard InChI is InChI=1S/C14H11N5O/c1-19-6-12(9-2-3-20-7-9)11-4-10(5-15-14(11)19)13-16-8-17-18-13/h2-8H,1H3,(H,16,17,18). The molecule has 20 heavy (non-hydrogen) atoms. The summed E-state index contributed by atoms with van der Waals surface area (Å²) in [5.41, 5.74) is 3.95. The van der Waals surface area contributed by atoms with Gasteiger partial charge in [0.2, 0.25) is 0 Å². The van der Waals surface area contributed by atoms with Crippen molar-refractivity contribution >= 4 is 11.0 Å². The molecule has 98 valence electrons. The van der Waals surface area contributed by atoms with Crippen molar-refractivity contribution in [1.82, 2.24) is 24.7 Å². The van der Waals surface area contributed by atoms with Crippen LogP contribution in [0.2, 0.25) is 0 Å². The van der Waals surface area contributed by atoms with Crippen LogP contribution in [0.4, 0.5) is 0 Å². The SMILES string of the molecule is Cn1cc(-c2ccoc2)c2cc(-c3ncn[nH]3)cnc21. The molecule has 0 radical (unpaired) electrons. The highest BCUT2D eigenvalue weighted by atomic mass is 16.3. The van der Waals surface area contributed by atoms with E-state index in [1.54, 1.807) is 18.7 Å². The lowest BCUT2D eigenvalue weighted by molar-refractivity contribution is 0.568. The maximum atomic E-state index is 5.17. The highest BCUT2D eigenvalue weighted by Crippen LogP contribution is 2.31. The molecule has 0 saturated heterocycles. The van der Waals surface area contributed by atoms with E-state index >= 15 is 0 Å². The Labute approximate surface area is 114 Å². The normalized spacial score (nSPS) is 11.2. The molecule has 0 atom stereocenters. The zero-order valence-corrected chi connectivity index (χ0v) is 10.7. The van der Waals surface area contributed by atoms with E-state index in [1.807, 2.05) is 23.9 Å². The maximum Gasteiger partial charge on any atom is 0.157 e. The van der Waals surface area contributed by atoms with Crippen molar-refractivity contribution in [3.63, 3.8) is 0 Å². The van der Waals surface area contributed by atoms with Crippen LogP contribution in [0.25, 0.3) is 33.5 Å². The van der Waals surface area contributed by atoms with Gasteiger partial charge in [-0.05, 0) is 12.1 Å². The van der Waals surface area contributed by atoms with Gasteiger partial charge in [0.25, 0.3) is 0 Å². The van der Waals surface area contributed by atoms with E-state index in [4.69, 9.17) is 4.42 Å². The number of furan rings is 1. The molecule has 0 spiro atoms. The lowest BCUT2D eigenvalue weighted by Crippen LogP contribution is -1.89. The summed E-state index contributed by atoms with van der Waals surface area (Å²) >= 11 is 0. The van der Waals surface area contributed by atoms with Gasteiger partial charge in [0, 0.05) is 41.5 Å². The number of hydrogen-bond donors (Lipinski definition) is 1. The van der Waals surface area contributed by atoms with Crippen molar-refractivity contribution in [3.8, 4) is 22.5 Å². The summed E-state index contributed by atoms with van der Waals surface area (Å²) in [5.74, 6) is 0.710. The molecule has 6 heteroatoms. The Balaban J connectivity index is 1.99. The summed E-state index contributed by atoms with van der Waals surface area (Å²) in [6.07, 6.45) is 8.73. The van der Waals surface area contributed by atoms with E-state index in [-0.39, 0.29) is 0 Å². The average Bonchev–Trinajstić information content (AvgIpc) is 3.19. The fourth-order valence-corrected chi connectivity index (χ4v) is 2.38. The molecule has 4 aromatic rings. The number of aromatic nitrogens is 5. The van der Waals surface area contributed by atoms with Crippen LogP contribution >= 0.6 is 0 Å². The smallest absolute Gasteiger partial charge is 0.157 e. The van der Waals surface area contributed by atoms with Crippen molar-refractivity contribution in [2.24, 2.45) is 7.05 Å². The van der Waals surface area contributed by atoms with Gasteiger partial charge in [-0.1, -0.05) is 0 Å². The van der Waals surface area contributed by atoms with Gasteiger partial charge in [-0.3, -0.25) is 5.10 Å². The van der Waals surface area contributed by atoms with E-state index in [2.05, 4.69) is 26.2 Å². The number of rotatable bonds is 2. The summed E-state index contributed by atoms with van der Waals surface area (Å²) in [4.78, 5) is 8.67. The first kappa shape index (κ1) is 11.0. The van der Waals surface area contributed by atoms with Gasteiger partial charge in [0.15, 0.2) is 5.82 Å². The van der Waals surface area contributed by atoms with Crippen LogP contribution in [0, 0.1) is 0 Å². The molecule has 6 nitrogen and oxygen atoms in total. The zero-order valence-electron chi connectivity index (χ0n) is 10.7. The van der Waals surface area contributed by atoms with Gasteiger partial charge >= 0.3 is 0 Å². The molecule has 4 aromatic heterocycles. The number of fused-ring (bicyclic) bond motifs is 1. The van der Waals surface area contributed by atoms with Gasteiger partial charge in [-0.15, -0.1) is 0 Å². The topological polar surface area (TPSA) is 72.5 Å². The lowest BCUT2D eigenvalue weighted by atomic mass is 10.1. The number of H-pyrrole nitrogens is 1. The minimum absolute atomic E-state index is 0.710. The quantitative estimate of drug-likeness (QED) is 0.604. The van der Waals surface area contributed by atoms with E-state index in [0.29, 0.717) is 5.82 Å². The van der Waals surface area contributed by atoms with Crippen LogP contribution in [0.15, 0.2) is 47.8 Å². The van der Waals surface area contributed by atoms with Crippen LogP contribution in [0.3, 0.4) is 0 Å². The first-order valence-electron chi connectivity index (χ1n) is 6.16. The molecule has 0 aliphatic rings. The molecule has 0 unspecified atom stereocenters. The molecule has 4 rings (SSSR count). The van der Waals surface area contributed by atoms with Gasteiger partial charge in [0.1, 0.15) is 12.0 Å². The van der Waals surface area contributed by atoms with E-state index < -0.39 is 0 Å². The molecule has 0 saturated carbocycles. The number of pyridine rings is 1. The summed E-state index contributed by atoms with van der Waals surface area (Å²) in [6.45, 7) is 0. The number of aryl methyl sites for hydroxylation is 1. The second-order valence-corrected chi connectivity index (χ2v) is 4.59. The Morgan fingerprint density at radius 2 is 2.20 bits per heavy atom. The van der Waals surface area contributed by atoms with E-state index in [0.717, 1.165) is 27.7 Å². The fraction of sp³-hybridized carbons (Fsp3) is 0.0714. The minimum atomic E-state index is 0.710. The van der Waals surface area contributed by atoms with Crippen molar-refractivity contribution in [1.29, 1.82) is 0 Å². The molecular formula is C14H11N5O. The summed E-state index contributed by atoms with van der Waals surface area (Å²) in [6, 6.07) is 4.00. The maximum absolute atomic E-state index is 5.17. The Hall–Kier alpha value is -2.89. The van der Waals surface area contributed by atoms with E-state index in [1.165, 1.54) is 6.33 Å². The van der Waals surface area contributed by atoms with Crippen molar-refractivity contribution in [3.05, 3.63) is 43.4 Å². The summed E-state index contributed by atoms with van der Waals surface area (Å²) in [7, 11) is 1.98. The average molecular weight is 265 g/mol. The molecule has 0 aliphatic carbocycles. The highest BCUT2D eigenvalue weighted by molar-refractivity contribution is 5.95. The number of nitrogens with zero attached hydrogens (tertiary/aromatic N) is 4. The second-order valence-electron chi connectivity index (χ2n) is 4.59. The Kier molecular flexibility index (Phi) is 2.23. The van der Waals surface area contributed by atoms with Gasteiger partial charge < -0.3 is 8.98 Å². The molecule has 1 N–H and O–H groups in total. The predicted molar refractivity (Wildman–Crippen MR) is 73.8 cm³/mol. The van der Waals surface area contributed by atoms with Crippen LogP contribution in [0.1, 0.15) is 0 Å². The molecule has 4 heterocycles. The monoisotopic (exact) mass is 265 g/mol. The number of hydrogen-bond acceptors (Lipinski definition) is 4. The molecule has 0 aromatic carbocycles. The lowest BCUT2D eigenvalue weighted by Gasteiger charge is -1.99. The predicted octanol–water partition coefficient (Wildman–Crippen LogP) is 2.62. The largest absolute Gasteiger partial charge is 0.472 e. The number of aromatic amines is 1. The van der Waals surface area contributed by atoms with Crippen LogP contribution in [0.5, 0.6) is 0 Å². The number of nitrogens with one attached hydrogen (secondary N) is 1.